The summed E-state index contributed by atoms with van der Waals surface area (Å²) in [7, 11) is 0. The fourth-order valence-corrected chi connectivity index (χ4v) is 1.55. The monoisotopic (exact) mass is 118 g/mol. The molecule has 2 bridgehead atoms. The van der Waals surface area contributed by atoms with Crippen LogP contribution in [0.2, 0.25) is 0 Å². The Morgan fingerprint density at radius 3 is 3.11 bits per heavy atom. The van der Waals surface area contributed by atoms with Gasteiger partial charge in [0.2, 0.25) is 0 Å². The first kappa shape index (κ1) is 5.04. The number of hydrogen-bond donors (Lipinski definition) is 0. The van der Waals surface area contributed by atoms with Gasteiger partial charge in [0.05, 0.1) is 0 Å². The zero-order chi connectivity index (χ0) is 6.27. The summed E-state index contributed by atoms with van der Waals surface area (Å²) in [5, 5.41) is 0. The Morgan fingerprint density at radius 2 is 2.44 bits per heavy atom. The third-order valence-electron chi connectivity index (χ3n) is 2.17. The fourth-order valence-electron chi connectivity index (χ4n) is 1.55. The summed E-state index contributed by atoms with van der Waals surface area (Å²) in [6.45, 7) is 4.01. The van der Waals surface area contributed by atoms with Crippen LogP contribution in [0.25, 0.3) is 0 Å². The van der Waals surface area contributed by atoms with E-state index in [1.807, 2.05) is 0 Å². The van der Waals surface area contributed by atoms with Gasteiger partial charge in [0.1, 0.15) is 0 Å². The summed E-state index contributed by atoms with van der Waals surface area (Å²) in [6.07, 6.45) is 9.26. The third-order valence-corrected chi connectivity index (χ3v) is 2.17. The van der Waals surface area contributed by atoms with E-state index in [4.69, 9.17) is 0 Å². The van der Waals surface area contributed by atoms with Gasteiger partial charge in [-0.2, -0.15) is 0 Å². The van der Waals surface area contributed by atoms with Crippen molar-refractivity contribution in [3.05, 3.63) is 36.0 Å². The van der Waals surface area contributed by atoms with E-state index in [9.17, 15) is 0 Å². The number of fused-ring (bicyclic) bond motifs is 2. The Bertz CT molecular complexity index is 206. The van der Waals surface area contributed by atoms with Gasteiger partial charge in [-0.1, -0.05) is 24.8 Å². The highest BCUT2D eigenvalue weighted by Gasteiger charge is 2.20. The van der Waals surface area contributed by atoms with Crippen LogP contribution in [0.5, 0.6) is 0 Å². The zero-order valence-corrected chi connectivity index (χ0v) is 5.43. The molecule has 0 saturated heterocycles. The molecular weight excluding hydrogens is 108 g/mol. The van der Waals surface area contributed by atoms with Gasteiger partial charge >= 0.3 is 0 Å². The van der Waals surface area contributed by atoms with Crippen molar-refractivity contribution in [3.63, 3.8) is 0 Å². The Morgan fingerprint density at radius 1 is 1.56 bits per heavy atom. The Hall–Kier alpha value is -0.780. The summed E-state index contributed by atoms with van der Waals surface area (Å²) in [5.74, 6) is 0.685. The molecule has 9 heavy (non-hydrogen) atoms. The molecule has 0 spiro atoms. The normalized spacial score (nSPS) is 30.9. The van der Waals surface area contributed by atoms with Crippen LogP contribution in [-0.2, 0) is 0 Å². The molecule has 0 aliphatic heterocycles. The molecule has 2 aliphatic carbocycles. The summed E-state index contributed by atoms with van der Waals surface area (Å²) < 4.78 is 0. The molecule has 0 aromatic carbocycles. The molecular formula is C9H10. The van der Waals surface area contributed by atoms with E-state index in [1.54, 1.807) is 0 Å². The van der Waals surface area contributed by atoms with Gasteiger partial charge in [-0.3, -0.25) is 0 Å². The van der Waals surface area contributed by atoms with Crippen molar-refractivity contribution in [3.8, 4) is 0 Å². The molecule has 2 rings (SSSR count). The topological polar surface area (TPSA) is 0 Å². The van der Waals surface area contributed by atoms with Crippen LogP contribution in [0, 0.1) is 5.92 Å². The van der Waals surface area contributed by atoms with Crippen molar-refractivity contribution in [1.82, 2.24) is 0 Å². The average Bonchev–Trinajstić information content (AvgIpc) is 2.19. The first-order valence-electron chi connectivity index (χ1n) is 3.45. The minimum atomic E-state index is 0.685. The van der Waals surface area contributed by atoms with Crippen molar-refractivity contribution in [1.29, 1.82) is 0 Å². The molecule has 1 unspecified atom stereocenters. The average molecular weight is 118 g/mol. The summed E-state index contributed by atoms with van der Waals surface area (Å²) in [4.78, 5) is 0. The minimum Gasteiger partial charge on any atom is -0.0946 e. The smallest absolute Gasteiger partial charge is 0.00241 e. The molecule has 0 fully saturated rings. The van der Waals surface area contributed by atoms with Crippen molar-refractivity contribution in [2.75, 3.05) is 0 Å². The van der Waals surface area contributed by atoms with E-state index >= 15 is 0 Å². The van der Waals surface area contributed by atoms with Crippen LogP contribution in [0.4, 0.5) is 0 Å². The van der Waals surface area contributed by atoms with E-state index in [2.05, 4.69) is 24.8 Å². The predicted octanol–water partition coefficient (Wildman–Crippen LogP) is 2.45. The van der Waals surface area contributed by atoms with Crippen LogP contribution in [0.3, 0.4) is 0 Å². The maximum absolute atomic E-state index is 4.01. The van der Waals surface area contributed by atoms with Crippen LogP contribution in [0.1, 0.15) is 12.8 Å². The SMILES string of the molecule is C=C1C2=CCCC1C=C2. The first-order valence-corrected chi connectivity index (χ1v) is 3.45. The first-order chi connectivity index (χ1) is 4.38. The van der Waals surface area contributed by atoms with E-state index in [0.29, 0.717) is 5.92 Å². The molecule has 0 heterocycles. The third kappa shape index (κ3) is 0.593. The maximum Gasteiger partial charge on any atom is 0.00241 e. The quantitative estimate of drug-likeness (QED) is 0.458. The van der Waals surface area contributed by atoms with Crippen molar-refractivity contribution in [2.24, 2.45) is 5.92 Å². The van der Waals surface area contributed by atoms with Crippen LogP contribution < -0.4 is 0 Å². The van der Waals surface area contributed by atoms with Gasteiger partial charge in [-0.05, 0) is 24.0 Å². The molecule has 0 saturated carbocycles. The lowest BCUT2D eigenvalue weighted by Crippen LogP contribution is -1.99. The van der Waals surface area contributed by atoms with Gasteiger partial charge in [0, 0.05) is 5.92 Å². The molecule has 1 atom stereocenters. The Kier molecular flexibility index (Phi) is 0.895. The summed E-state index contributed by atoms with van der Waals surface area (Å²) >= 11 is 0. The highest BCUT2D eigenvalue weighted by molar-refractivity contribution is 5.48. The van der Waals surface area contributed by atoms with Crippen LogP contribution in [0.15, 0.2) is 36.0 Å². The second kappa shape index (κ2) is 1.60. The van der Waals surface area contributed by atoms with Gasteiger partial charge in [0.15, 0.2) is 0 Å². The lowest BCUT2D eigenvalue weighted by atomic mass is 9.91. The van der Waals surface area contributed by atoms with E-state index < -0.39 is 0 Å². The maximum atomic E-state index is 4.01. The largest absolute Gasteiger partial charge is 0.0946 e. The lowest BCUT2D eigenvalue weighted by Gasteiger charge is -2.13. The van der Waals surface area contributed by atoms with Gasteiger partial charge in [-0.15, -0.1) is 0 Å². The Labute approximate surface area is 55.6 Å². The summed E-state index contributed by atoms with van der Waals surface area (Å²) in [5.41, 5.74) is 2.72. The van der Waals surface area contributed by atoms with Crippen LogP contribution in [-0.4, -0.2) is 0 Å². The number of allylic oxidation sites excluding steroid dienone is 5. The summed E-state index contributed by atoms with van der Waals surface area (Å²) in [6, 6.07) is 0. The molecule has 0 radical (unpaired) electrons. The van der Waals surface area contributed by atoms with E-state index in [-0.39, 0.29) is 0 Å². The zero-order valence-electron chi connectivity index (χ0n) is 5.43. The molecule has 0 N–H and O–H groups in total. The molecule has 2 aliphatic rings. The second-order valence-corrected chi connectivity index (χ2v) is 2.73. The van der Waals surface area contributed by atoms with Crippen molar-refractivity contribution < 1.29 is 0 Å². The van der Waals surface area contributed by atoms with Crippen LogP contribution >= 0.6 is 0 Å². The fraction of sp³-hybridized carbons (Fsp3) is 0.333. The van der Waals surface area contributed by atoms with Gasteiger partial charge in [0.25, 0.3) is 0 Å². The molecule has 0 amide bonds. The minimum absolute atomic E-state index is 0.685. The number of hydrogen-bond acceptors (Lipinski definition) is 0. The second-order valence-electron chi connectivity index (χ2n) is 2.73. The van der Waals surface area contributed by atoms with E-state index in [0.717, 1.165) is 0 Å². The molecule has 0 aromatic heterocycles. The van der Waals surface area contributed by atoms with E-state index in [1.165, 1.54) is 24.0 Å². The van der Waals surface area contributed by atoms with Gasteiger partial charge < -0.3 is 0 Å². The molecule has 46 valence electrons. The lowest BCUT2D eigenvalue weighted by molar-refractivity contribution is 0.690. The van der Waals surface area contributed by atoms with Crippen molar-refractivity contribution in [2.45, 2.75) is 12.8 Å². The van der Waals surface area contributed by atoms with Crippen molar-refractivity contribution >= 4 is 0 Å². The predicted molar refractivity (Wildman–Crippen MR) is 39.1 cm³/mol. The number of rotatable bonds is 0. The Balaban J connectivity index is 2.47. The molecule has 0 nitrogen and oxygen atoms in total. The highest BCUT2D eigenvalue weighted by Crippen LogP contribution is 2.35. The van der Waals surface area contributed by atoms with Gasteiger partial charge in [-0.25, -0.2) is 0 Å². The molecule has 0 heteroatoms. The standard InChI is InChI=1S/C9H10/c1-7-8-3-2-4-9(7)6-5-8/h3,5-6,9H,1-2,4H2. The highest BCUT2D eigenvalue weighted by atomic mass is 14.2. The molecule has 0 aromatic rings.